The van der Waals surface area contributed by atoms with Gasteiger partial charge in [0.1, 0.15) is 5.82 Å². The molecule has 8 heteroatoms. The summed E-state index contributed by atoms with van der Waals surface area (Å²) < 4.78 is 66.3. The van der Waals surface area contributed by atoms with Gasteiger partial charge >= 0.3 is 0 Å². The van der Waals surface area contributed by atoms with Gasteiger partial charge in [-0.2, -0.15) is 12.2 Å². The summed E-state index contributed by atoms with van der Waals surface area (Å²) >= 11 is 3.08. The third kappa shape index (κ3) is 4.06. The van der Waals surface area contributed by atoms with Crippen molar-refractivity contribution in [1.82, 2.24) is 4.90 Å². The third-order valence-electron chi connectivity index (χ3n) is 2.77. The molecular weight excluding hydrogens is 446 g/mol. The van der Waals surface area contributed by atoms with Gasteiger partial charge in [-0.25, -0.2) is 22.0 Å². The first-order valence-electron chi connectivity index (χ1n) is 5.70. The van der Waals surface area contributed by atoms with Crippen molar-refractivity contribution in [3.8, 4) is 0 Å². The minimum absolute atomic E-state index is 0. The standard InChI is InChI=1S/C14H8BrF5N.Y/c1-7-9(15)2-3-12(21(7)6-13(19)20)14-10(17)4-8(16)5-11(14)18;/h2,4-5,13H,1,6H2;/q-1;. The van der Waals surface area contributed by atoms with E-state index in [1.54, 1.807) is 0 Å². The molecular formula is C14H8BrF5NY-. The van der Waals surface area contributed by atoms with Gasteiger partial charge in [-0.05, 0) is 23.4 Å². The van der Waals surface area contributed by atoms with Crippen LogP contribution in [0.25, 0.3) is 5.70 Å². The molecule has 0 unspecified atom stereocenters. The van der Waals surface area contributed by atoms with Crippen LogP contribution in [0.4, 0.5) is 22.0 Å². The number of hydrogen-bond donors (Lipinski definition) is 0. The molecule has 1 nitrogen and oxygen atoms in total. The molecule has 1 heterocycles. The molecule has 0 saturated heterocycles. The Kier molecular flexibility index (Phi) is 6.95. The Morgan fingerprint density at radius 1 is 1.18 bits per heavy atom. The SMILES string of the molecule is C=C1C(Br)=C[C-]=C(c2c(F)cc(F)cc2F)N1CC(F)F.[Y]. The van der Waals surface area contributed by atoms with E-state index in [4.69, 9.17) is 0 Å². The molecule has 0 aromatic heterocycles. The zero-order valence-electron chi connectivity index (χ0n) is 11.0. The number of rotatable bonds is 3. The number of halogens is 6. The molecule has 0 saturated carbocycles. The van der Waals surface area contributed by atoms with E-state index in [2.05, 4.69) is 28.6 Å². The first-order valence-corrected chi connectivity index (χ1v) is 6.49. The summed E-state index contributed by atoms with van der Waals surface area (Å²) in [4.78, 5) is 0.925. The zero-order valence-corrected chi connectivity index (χ0v) is 15.4. The second kappa shape index (κ2) is 7.84. The van der Waals surface area contributed by atoms with Gasteiger partial charge in [-0.1, -0.05) is 16.8 Å². The van der Waals surface area contributed by atoms with Crippen molar-refractivity contribution >= 4 is 21.6 Å². The van der Waals surface area contributed by atoms with Gasteiger partial charge in [0.05, 0.1) is 18.2 Å². The fraction of sp³-hybridized carbons (Fsp3) is 0.143. The van der Waals surface area contributed by atoms with Gasteiger partial charge < -0.3 is 4.90 Å². The van der Waals surface area contributed by atoms with E-state index < -0.39 is 36.0 Å². The molecule has 2 rings (SSSR count). The van der Waals surface area contributed by atoms with Crippen molar-refractivity contribution in [2.45, 2.75) is 6.43 Å². The Bertz CT molecular complexity index is 634. The molecule has 1 aromatic rings. The molecule has 0 amide bonds. The average molecular weight is 454 g/mol. The van der Waals surface area contributed by atoms with Crippen LogP contribution in [0.3, 0.4) is 0 Å². The fourth-order valence-corrected chi connectivity index (χ4v) is 2.20. The number of benzene rings is 1. The summed E-state index contributed by atoms with van der Waals surface area (Å²) in [5.41, 5.74) is -0.792. The van der Waals surface area contributed by atoms with E-state index in [0.29, 0.717) is 16.6 Å². The Morgan fingerprint density at radius 2 is 1.73 bits per heavy atom. The predicted molar refractivity (Wildman–Crippen MR) is 71.8 cm³/mol. The summed E-state index contributed by atoms with van der Waals surface area (Å²) in [6.45, 7) is 2.76. The van der Waals surface area contributed by atoms with E-state index >= 15 is 0 Å². The first-order chi connectivity index (χ1) is 9.81. The van der Waals surface area contributed by atoms with Crippen LogP contribution in [0.2, 0.25) is 0 Å². The molecule has 115 valence electrons. The number of hydrogen-bond acceptors (Lipinski definition) is 1. The summed E-state index contributed by atoms with van der Waals surface area (Å²) in [5, 5.41) is 0. The predicted octanol–water partition coefficient (Wildman–Crippen LogP) is 4.62. The van der Waals surface area contributed by atoms with Gasteiger partial charge in [0.15, 0.2) is 0 Å². The van der Waals surface area contributed by atoms with Crippen molar-refractivity contribution in [3.05, 3.63) is 64.1 Å². The second-order valence-corrected chi connectivity index (χ2v) is 5.03. The molecule has 1 aliphatic rings. The molecule has 0 atom stereocenters. The second-order valence-electron chi connectivity index (χ2n) is 4.18. The maximum Gasteiger partial charge on any atom is 0.256 e. The minimum Gasteiger partial charge on any atom is -0.369 e. The Hall–Kier alpha value is -0.526. The van der Waals surface area contributed by atoms with E-state index in [-0.39, 0.29) is 44.1 Å². The quantitative estimate of drug-likeness (QED) is 0.477. The van der Waals surface area contributed by atoms with Crippen molar-refractivity contribution < 1.29 is 54.7 Å². The zero-order chi connectivity index (χ0) is 15.7. The van der Waals surface area contributed by atoms with Crippen LogP contribution in [0.5, 0.6) is 0 Å². The smallest absolute Gasteiger partial charge is 0.256 e. The van der Waals surface area contributed by atoms with Crippen LogP contribution < -0.4 is 0 Å². The molecule has 0 spiro atoms. The van der Waals surface area contributed by atoms with Gasteiger partial charge in [0.25, 0.3) is 6.43 Å². The first kappa shape index (κ1) is 19.5. The van der Waals surface area contributed by atoms with Crippen molar-refractivity contribution in [2.24, 2.45) is 0 Å². The molecule has 0 aliphatic carbocycles. The maximum atomic E-state index is 13.8. The van der Waals surface area contributed by atoms with Crippen molar-refractivity contribution in [1.29, 1.82) is 0 Å². The maximum absolute atomic E-state index is 13.8. The van der Waals surface area contributed by atoms with Crippen LogP contribution in [0, 0.1) is 23.5 Å². The van der Waals surface area contributed by atoms with Gasteiger partial charge in [-0.15, -0.1) is 15.9 Å². The fourth-order valence-electron chi connectivity index (χ4n) is 1.87. The van der Waals surface area contributed by atoms with Crippen molar-refractivity contribution in [2.75, 3.05) is 6.54 Å². The van der Waals surface area contributed by atoms with Crippen LogP contribution in [-0.4, -0.2) is 17.9 Å². The average Bonchev–Trinajstić information content (AvgIpc) is 2.36. The van der Waals surface area contributed by atoms with Gasteiger partial charge in [0.2, 0.25) is 0 Å². The molecule has 1 aliphatic heterocycles. The van der Waals surface area contributed by atoms with Gasteiger partial charge in [-0.3, -0.25) is 0 Å². The molecule has 1 radical (unpaired) electrons. The summed E-state index contributed by atoms with van der Waals surface area (Å²) in [7, 11) is 0. The minimum atomic E-state index is -2.76. The molecule has 0 bridgehead atoms. The topological polar surface area (TPSA) is 3.24 Å². The Morgan fingerprint density at radius 3 is 2.23 bits per heavy atom. The monoisotopic (exact) mass is 453 g/mol. The van der Waals surface area contributed by atoms with Crippen LogP contribution >= 0.6 is 15.9 Å². The number of alkyl halides is 2. The van der Waals surface area contributed by atoms with Crippen LogP contribution in [0.15, 0.2) is 35.0 Å². The Balaban J connectivity index is 0.00000242. The van der Waals surface area contributed by atoms with Crippen molar-refractivity contribution in [3.63, 3.8) is 0 Å². The normalized spacial score (nSPS) is 14.7. The van der Waals surface area contributed by atoms with E-state index in [1.807, 2.05) is 0 Å². The summed E-state index contributed by atoms with van der Waals surface area (Å²) in [6, 6.07) is 0.952. The van der Waals surface area contributed by atoms with E-state index in [0.717, 1.165) is 4.90 Å². The summed E-state index contributed by atoms with van der Waals surface area (Å²) in [6.07, 6.45) is 1.06. The van der Waals surface area contributed by atoms with Crippen LogP contribution in [0.1, 0.15) is 5.56 Å². The van der Waals surface area contributed by atoms with E-state index in [1.165, 1.54) is 6.08 Å². The molecule has 22 heavy (non-hydrogen) atoms. The molecule has 0 fully saturated rings. The van der Waals surface area contributed by atoms with Gasteiger partial charge in [0, 0.05) is 32.7 Å². The third-order valence-corrected chi connectivity index (χ3v) is 3.46. The van der Waals surface area contributed by atoms with Crippen LogP contribution in [-0.2, 0) is 32.7 Å². The molecule has 0 N–H and O–H groups in total. The summed E-state index contributed by atoms with van der Waals surface area (Å²) in [5.74, 6) is -3.50. The Labute approximate surface area is 157 Å². The largest absolute Gasteiger partial charge is 0.369 e. The number of allylic oxidation sites excluding steroid dienone is 3. The van der Waals surface area contributed by atoms with E-state index in [9.17, 15) is 22.0 Å². The number of nitrogens with zero attached hydrogens (tertiary/aromatic N) is 1. The molecule has 1 aromatic carbocycles.